The van der Waals surface area contributed by atoms with Crippen LogP contribution in [-0.4, -0.2) is 41.0 Å². The molecule has 0 saturated carbocycles. The summed E-state index contributed by atoms with van der Waals surface area (Å²) in [7, 11) is 0. The highest BCUT2D eigenvalue weighted by Gasteiger charge is 2.25. The third-order valence-corrected chi connectivity index (χ3v) is 4.97. The van der Waals surface area contributed by atoms with Gasteiger partial charge in [-0.05, 0) is 56.8 Å². The lowest BCUT2D eigenvalue weighted by Crippen LogP contribution is -2.46. The van der Waals surface area contributed by atoms with E-state index in [0.29, 0.717) is 37.5 Å². The van der Waals surface area contributed by atoms with Crippen LogP contribution in [0, 0.1) is 13.8 Å². The molecule has 2 aromatic heterocycles. The lowest BCUT2D eigenvalue weighted by Gasteiger charge is -2.32. The zero-order valence-corrected chi connectivity index (χ0v) is 15.6. The molecule has 140 valence electrons. The van der Waals surface area contributed by atoms with Crippen molar-refractivity contribution in [2.75, 3.05) is 13.1 Å². The summed E-state index contributed by atoms with van der Waals surface area (Å²) in [6, 6.07) is 3.48. The smallest absolute Gasteiger partial charge is 0.287 e. The van der Waals surface area contributed by atoms with Gasteiger partial charge in [-0.3, -0.25) is 9.59 Å². The van der Waals surface area contributed by atoms with Crippen LogP contribution in [0.3, 0.4) is 0 Å². The number of aromatic nitrogens is 1. The van der Waals surface area contributed by atoms with Crippen LogP contribution >= 0.6 is 11.6 Å². The second kappa shape index (κ2) is 7.95. The number of aryl methyl sites for hydroxylation is 2. The van der Waals surface area contributed by atoms with Crippen molar-refractivity contribution in [3.05, 3.63) is 40.1 Å². The maximum Gasteiger partial charge on any atom is 0.287 e. The summed E-state index contributed by atoms with van der Waals surface area (Å²) in [5.41, 5.74) is 1.51. The Labute approximate surface area is 156 Å². The highest BCUT2D eigenvalue weighted by atomic mass is 35.5. The Hall–Kier alpha value is -2.28. The van der Waals surface area contributed by atoms with Gasteiger partial charge in [-0.2, -0.15) is 0 Å². The molecule has 0 spiro atoms. The SMILES string of the molecule is Cc1ccc(C(=O)NC2CCN(C(=O)CCc3c(C)noc3Cl)CC2)o1. The molecule has 1 saturated heterocycles. The van der Waals surface area contributed by atoms with Crippen LogP contribution in [0.2, 0.25) is 5.22 Å². The molecule has 2 aromatic rings. The monoisotopic (exact) mass is 379 g/mol. The van der Waals surface area contributed by atoms with Gasteiger partial charge in [-0.1, -0.05) is 5.16 Å². The molecule has 1 fully saturated rings. The molecular formula is C18H22ClN3O4. The minimum absolute atomic E-state index is 0.0479. The number of hydrogen-bond donors (Lipinski definition) is 1. The molecule has 3 heterocycles. The third-order valence-electron chi connectivity index (χ3n) is 4.67. The lowest BCUT2D eigenvalue weighted by molar-refractivity contribution is -0.132. The van der Waals surface area contributed by atoms with Crippen LogP contribution in [0.4, 0.5) is 0 Å². The molecule has 1 aliphatic heterocycles. The molecular weight excluding hydrogens is 358 g/mol. The number of nitrogens with one attached hydrogen (secondary N) is 1. The zero-order chi connectivity index (χ0) is 18.7. The Balaban J connectivity index is 1.44. The number of amides is 2. The minimum atomic E-state index is -0.208. The number of nitrogens with zero attached hydrogens (tertiary/aromatic N) is 2. The Morgan fingerprint density at radius 3 is 2.62 bits per heavy atom. The molecule has 0 radical (unpaired) electrons. The van der Waals surface area contributed by atoms with Crippen molar-refractivity contribution in [1.29, 1.82) is 0 Å². The van der Waals surface area contributed by atoms with Crippen LogP contribution in [0.5, 0.6) is 0 Å². The Morgan fingerprint density at radius 2 is 2.04 bits per heavy atom. The highest BCUT2D eigenvalue weighted by Crippen LogP contribution is 2.21. The molecule has 0 bridgehead atoms. The Bertz CT molecular complexity index is 771. The fraction of sp³-hybridized carbons (Fsp3) is 0.500. The molecule has 0 aromatic carbocycles. The first-order chi connectivity index (χ1) is 12.4. The van der Waals surface area contributed by atoms with Crippen molar-refractivity contribution in [2.24, 2.45) is 0 Å². The second-order valence-corrected chi connectivity index (χ2v) is 6.90. The third kappa shape index (κ3) is 4.27. The predicted octanol–water partition coefficient (Wildman–Crippen LogP) is 2.89. The van der Waals surface area contributed by atoms with Crippen molar-refractivity contribution in [2.45, 2.75) is 45.6 Å². The van der Waals surface area contributed by atoms with Crippen LogP contribution in [0.1, 0.15) is 46.8 Å². The summed E-state index contributed by atoms with van der Waals surface area (Å²) in [4.78, 5) is 26.4. The fourth-order valence-electron chi connectivity index (χ4n) is 3.12. The number of furan rings is 1. The van der Waals surface area contributed by atoms with E-state index < -0.39 is 0 Å². The normalized spacial score (nSPS) is 15.3. The lowest BCUT2D eigenvalue weighted by atomic mass is 10.0. The van der Waals surface area contributed by atoms with E-state index in [1.165, 1.54) is 0 Å². The van der Waals surface area contributed by atoms with Gasteiger partial charge in [-0.25, -0.2) is 0 Å². The number of carbonyl (C=O) groups excluding carboxylic acids is 2. The van der Waals surface area contributed by atoms with Gasteiger partial charge < -0.3 is 19.2 Å². The van der Waals surface area contributed by atoms with E-state index in [9.17, 15) is 9.59 Å². The summed E-state index contributed by atoms with van der Waals surface area (Å²) >= 11 is 5.93. The molecule has 1 N–H and O–H groups in total. The van der Waals surface area contributed by atoms with Crippen molar-refractivity contribution in [1.82, 2.24) is 15.4 Å². The average molecular weight is 380 g/mol. The topological polar surface area (TPSA) is 88.6 Å². The van der Waals surface area contributed by atoms with E-state index in [1.807, 2.05) is 11.8 Å². The van der Waals surface area contributed by atoms with E-state index in [0.717, 1.165) is 24.1 Å². The van der Waals surface area contributed by atoms with Gasteiger partial charge in [0.15, 0.2) is 5.76 Å². The van der Waals surface area contributed by atoms with E-state index in [2.05, 4.69) is 10.5 Å². The van der Waals surface area contributed by atoms with Gasteiger partial charge in [0.05, 0.1) is 5.69 Å². The Morgan fingerprint density at radius 1 is 1.31 bits per heavy atom. The largest absolute Gasteiger partial charge is 0.456 e. The fourth-order valence-corrected chi connectivity index (χ4v) is 3.38. The van der Waals surface area contributed by atoms with Gasteiger partial charge in [0.25, 0.3) is 5.91 Å². The molecule has 1 aliphatic rings. The van der Waals surface area contributed by atoms with Gasteiger partial charge in [0.2, 0.25) is 11.1 Å². The van der Waals surface area contributed by atoms with Crippen LogP contribution < -0.4 is 5.32 Å². The molecule has 2 amide bonds. The first-order valence-corrected chi connectivity index (χ1v) is 9.07. The maximum absolute atomic E-state index is 12.4. The summed E-state index contributed by atoms with van der Waals surface area (Å²) in [6.45, 7) is 4.85. The van der Waals surface area contributed by atoms with Crippen molar-refractivity contribution in [3.63, 3.8) is 0 Å². The molecule has 0 atom stereocenters. The molecule has 8 heteroatoms. The van der Waals surface area contributed by atoms with Crippen molar-refractivity contribution < 1.29 is 18.5 Å². The van der Waals surface area contributed by atoms with Gasteiger partial charge in [0, 0.05) is 31.1 Å². The number of carbonyl (C=O) groups is 2. The van der Waals surface area contributed by atoms with Crippen molar-refractivity contribution in [3.8, 4) is 0 Å². The summed E-state index contributed by atoms with van der Waals surface area (Å²) in [5.74, 6) is 0.897. The van der Waals surface area contributed by atoms with E-state index in [4.69, 9.17) is 20.5 Å². The first-order valence-electron chi connectivity index (χ1n) is 8.69. The standard InChI is InChI=1S/C18H22ClN3O4/c1-11-3-5-15(25-11)18(24)20-13-7-9-22(10-8-13)16(23)6-4-14-12(2)21-26-17(14)19/h3,5,13H,4,6-10H2,1-2H3,(H,20,24). The summed E-state index contributed by atoms with van der Waals surface area (Å²) in [6.07, 6.45) is 2.33. The number of likely N-dealkylation sites (tertiary alicyclic amines) is 1. The molecule has 3 rings (SSSR count). The van der Waals surface area contributed by atoms with E-state index in [-0.39, 0.29) is 23.1 Å². The molecule has 26 heavy (non-hydrogen) atoms. The number of hydrogen-bond acceptors (Lipinski definition) is 5. The maximum atomic E-state index is 12.4. The average Bonchev–Trinajstić information content (AvgIpc) is 3.19. The molecule has 7 nitrogen and oxygen atoms in total. The van der Waals surface area contributed by atoms with Gasteiger partial charge >= 0.3 is 0 Å². The number of rotatable bonds is 5. The Kier molecular flexibility index (Phi) is 5.66. The highest BCUT2D eigenvalue weighted by molar-refractivity contribution is 6.29. The predicted molar refractivity (Wildman–Crippen MR) is 95.1 cm³/mol. The van der Waals surface area contributed by atoms with E-state index in [1.54, 1.807) is 19.1 Å². The van der Waals surface area contributed by atoms with E-state index >= 15 is 0 Å². The summed E-state index contributed by atoms with van der Waals surface area (Å²) < 4.78 is 10.2. The van der Waals surface area contributed by atoms with Crippen molar-refractivity contribution >= 4 is 23.4 Å². The molecule has 0 aliphatic carbocycles. The number of halogens is 1. The minimum Gasteiger partial charge on any atom is -0.456 e. The van der Waals surface area contributed by atoms with Gasteiger partial charge in [0.1, 0.15) is 5.76 Å². The van der Waals surface area contributed by atoms with Gasteiger partial charge in [-0.15, -0.1) is 0 Å². The quantitative estimate of drug-likeness (QED) is 0.862. The number of piperidine rings is 1. The second-order valence-electron chi connectivity index (χ2n) is 6.56. The summed E-state index contributed by atoms with van der Waals surface area (Å²) in [5, 5.41) is 7.01. The molecule has 0 unspecified atom stereocenters. The van der Waals surface area contributed by atoms with Crippen LogP contribution in [-0.2, 0) is 11.2 Å². The van der Waals surface area contributed by atoms with Crippen LogP contribution in [0.25, 0.3) is 0 Å². The first kappa shape index (κ1) is 18.5. The van der Waals surface area contributed by atoms with Crippen LogP contribution in [0.15, 0.2) is 21.1 Å². The zero-order valence-electron chi connectivity index (χ0n) is 14.9.